The number of hydrogen-bond acceptors (Lipinski definition) is 6. The molecule has 0 radical (unpaired) electrons. The largest absolute Gasteiger partial charge is 0.365 e. The Morgan fingerprint density at radius 3 is 2.89 bits per heavy atom. The van der Waals surface area contributed by atoms with Crippen molar-refractivity contribution in [2.24, 2.45) is 0 Å². The van der Waals surface area contributed by atoms with Crippen LogP contribution in [0.2, 0.25) is 0 Å². The summed E-state index contributed by atoms with van der Waals surface area (Å²) in [7, 11) is 0. The average Bonchev–Trinajstić information content (AvgIpc) is 2.90. The Morgan fingerprint density at radius 2 is 2.11 bits per heavy atom. The molecule has 0 amide bonds. The molecular weight excluding hydrogens is 260 g/mol. The number of H-pyrrole nitrogens is 1. The maximum absolute atomic E-state index is 4.29. The van der Waals surface area contributed by atoms with E-state index in [4.69, 9.17) is 0 Å². The van der Waals surface area contributed by atoms with Gasteiger partial charge in [-0.1, -0.05) is 0 Å². The predicted molar refractivity (Wildman–Crippen MR) is 75.0 cm³/mol. The molecule has 0 bridgehead atoms. The van der Waals surface area contributed by atoms with Gasteiger partial charge in [0.05, 0.1) is 5.39 Å². The molecular formula is C12H12N6S. The topological polar surface area (TPSA) is 79.4 Å². The minimum Gasteiger partial charge on any atom is -0.365 e. The van der Waals surface area contributed by atoms with Crippen LogP contribution in [-0.4, -0.2) is 31.4 Å². The zero-order valence-electron chi connectivity index (χ0n) is 10.3. The van der Waals surface area contributed by atoms with Crippen LogP contribution in [0.5, 0.6) is 0 Å². The van der Waals surface area contributed by atoms with Gasteiger partial charge in [0.25, 0.3) is 0 Å². The van der Waals surface area contributed by atoms with E-state index in [1.807, 2.05) is 18.4 Å². The number of hydrogen-bond donors (Lipinski definition) is 2. The molecule has 0 aromatic carbocycles. The summed E-state index contributed by atoms with van der Waals surface area (Å²) < 4.78 is 0. The van der Waals surface area contributed by atoms with Gasteiger partial charge < -0.3 is 5.32 Å². The van der Waals surface area contributed by atoms with Gasteiger partial charge in [0.15, 0.2) is 5.65 Å². The molecule has 3 heterocycles. The SMILES string of the molecule is CSc1n[nH]c2ncnc(NCc3ccncc3)c12. The number of pyridine rings is 1. The van der Waals surface area contributed by atoms with E-state index < -0.39 is 0 Å². The van der Waals surface area contributed by atoms with Crippen LogP contribution in [0.1, 0.15) is 5.56 Å². The molecule has 19 heavy (non-hydrogen) atoms. The molecule has 3 aromatic heterocycles. The third-order valence-corrected chi connectivity index (χ3v) is 3.41. The van der Waals surface area contributed by atoms with Gasteiger partial charge in [-0.05, 0) is 24.0 Å². The molecule has 0 saturated heterocycles. The molecule has 3 rings (SSSR count). The number of nitrogens with zero attached hydrogens (tertiary/aromatic N) is 4. The first-order chi connectivity index (χ1) is 9.38. The maximum Gasteiger partial charge on any atom is 0.161 e. The zero-order valence-corrected chi connectivity index (χ0v) is 11.1. The van der Waals surface area contributed by atoms with Crippen LogP contribution in [0.3, 0.4) is 0 Å². The molecule has 0 aliphatic carbocycles. The number of aromatic amines is 1. The quantitative estimate of drug-likeness (QED) is 0.708. The Kier molecular flexibility index (Phi) is 3.28. The van der Waals surface area contributed by atoms with Gasteiger partial charge in [-0.3, -0.25) is 10.1 Å². The minimum absolute atomic E-state index is 0.688. The number of aromatic nitrogens is 5. The van der Waals surface area contributed by atoms with Crippen molar-refractivity contribution in [3.8, 4) is 0 Å². The average molecular weight is 272 g/mol. The third kappa shape index (κ3) is 2.37. The minimum atomic E-state index is 0.688. The molecule has 0 aliphatic rings. The highest BCUT2D eigenvalue weighted by Crippen LogP contribution is 2.27. The summed E-state index contributed by atoms with van der Waals surface area (Å²) in [5.41, 5.74) is 1.90. The lowest BCUT2D eigenvalue weighted by molar-refractivity contribution is 1.02. The maximum atomic E-state index is 4.29. The fraction of sp³-hybridized carbons (Fsp3) is 0.167. The first-order valence-corrected chi connectivity index (χ1v) is 6.97. The molecule has 0 spiro atoms. The smallest absolute Gasteiger partial charge is 0.161 e. The second kappa shape index (κ2) is 5.23. The van der Waals surface area contributed by atoms with Gasteiger partial charge in [0.1, 0.15) is 17.2 Å². The van der Waals surface area contributed by atoms with Crippen molar-refractivity contribution in [1.29, 1.82) is 0 Å². The molecule has 0 aliphatic heterocycles. The van der Waals surface area contributed by atoms with E-state index in [0.29, 0.717) is 6.54 Å². The molecule has 7 heteroatoms. The Bertz CT molecular complexity index is 681. The molecule has 0 fully saturated rings. The summed E-state index contributed by atoms with van der Waals surface area (Å²) in [6, 6.07) is 3.94. The molecule has 0 saturated carbocycles. The molecule has 3 aromatic rings. The van der Waals surface area contributed by atoms with E-state index in [-0.39, 0.29) is 0 Å². The fourth-order valence-electron chi connectivity index (χ4n) is 1.80. The standard InChI is InChI=1S/C12H12N6S/c1-19-12-9-10(15-7-16-11(9)17-18-12)14-6-8-2-4-13-5-3-8/h2-5,7H,6H2,1H3,(H2,14,15,16,17,18). The van der Waals surface area contributed by atoms with Crippen molar-refractivity contribution >= 4 is 28.6 Å². The van der Waals surface area contributed by atoms with Crippen molar-refractivity contribution in [1.82, 2.24) is 25.1 Å². The Labute approximate surface area is 114 Å². The molecule has 6 nitrogen and oxygen atoms in total. The van der Waals surface area contributed by atoms with Crippen LogP contribution >= 0.6 is 11.8 Å². The molecule has 0 atom stereocenters. The highest BCUT2D eigenvalue weighted by atomic mass is 32.2. The number of fused-ring (bicyclic) bond motifs is 1. The lowest BCUT2D eigenvalue weighted by Gasteiger charge is -2.06. The third-order valence-electron chi connectivity index (χ3n) is 2.73. The van der Waals surface area contributed by atoms with Crippen molar-refractivity contribution in [3.05, 3.63) is 36.4 Å². The summed E-state index contributed by atoms with van der Waals surface area (Å²) in [6.07, 6.45) is 7.06. The zero-order chi connectivity index (χ0) is 13.1. The van der Waals surface area contributed by atoms with Gasteiger partial charge in [0.2, 0.25) is 0 Å². The fourth-order valence-corrected chi connectivity index (χ4v) is 2.34. The Balaban J connectivity index is 1.90. The van der Waals surface area contributed by atoms with E-state index in [2.05, 4.69) is 30.5 Å². The number of thioether (sulfide) groups is 1. The summed E-state index contributed by atoms with van der Waals surface area (Å²) in [5, 5.41) is 12.3. The summed E-state index contributed by atoms with van der Waals surface area (Å²) >= 11 is 1.57. The van der Waals surface area contributed by atoms with Crippen molar-refractivity contribution in [2.75, 3.05) is 11.6 Å². The lowest BCUT2D eigenvalue weighted by atomic mass is 10.2. The van der Waals surface area contributed by atoms with Gasteiger partial charge in [-0.2, -0.15) is 5.10 Å². The van der Waals surface area contributed by atoms with E-state index in [1.54, 1.807) is 24.2 Å². The summed E-state index contributed by atoms with van der Waals surface area (Å²) in [4.78, 5) is 12.5. The van der Waals surface area contributed by atoms with Gasteiger partial charge in [0, 0.05) is 18.9 Å². The normalized spacial score (nSPS) is 10.8. The molecule has 2 N–H and O–H groups in total. The van der Waals surface area contributed by atoms with Gasteiger partial charge >= 0.3 is 0 Å². The van der Waals surface area contributed by atoms with Crippen LogP contribution < -0.4 is 5.32 Å². The van der Waals surface area contributed by atoms with E-state index >= 15 is 0 Å². The van der Waals surface area contributed by atoms with Crippen LogP contribution in [0.25, 0.3) is 11.0 Å². The van der Waals surface area contributed by atoms with Crippen LogP contribution in [0.4, 0.5) is 5.82 Å². The monoisotopic (exact) mass is 272 g/mol. The second-order valence-electron chi connectivity index (χ2n) is 3.89. The van der Waals surface area contributed by atoms with Gasteiger partial charge in [-0.25, -0.2) is 9.97 Å². The van der Waals surface area contributed by atoms with Crippen LogP contribution in [0, 0.1) is 0 Å². The first-order valence-electron chi connectivity index (χ1n) is 5.74. The Morgan fingerprint density at radius 1 is 1.26 bits per heavy atom. The lowest BCUT2D eigenvalue weighted by Crippen LogP contribution is -2.02. The second-order valence-corrected chi connectivity index (χ2v) is 4.68. The van der Waals surface area contributed by atoms with Crippen molar-refractivity contribution in [2.45, 2.75) is 11.6 Å². The highest BCUT2D eigenvalue weighted by molar-refractivity contribution is 7.98. The summed E-state index contributed by atoms with van der Waals surface area (Å²) in [5.74, 6) is 0.792. The first kappa shape index (κ1) is 11.9. The highest BCUT2D eigenvalue weighted by Gasteiger charge is 2.11. The van der Waals surface area contributed by atoms with Gasteiger partial charge in [-0.15, -0.1) is 11.8 Å². The van der Waals surface area contributed by atoms with Crippen LogP contribution in [0.15, 0.2) is 35.9 Å². The van der Waals surface area contributed by atoms with E-state index in [1.165, 1.54) is 6.33 Å². The molecule has 96 valence electrons. The number of anilines is 1. The van der Waals surface area contributed by atoms with E-state index in [0.717, 1.165) is 27.4 Å². The van der Waals surface area contributed by atoms with E-state index in [9.17, 15) is 0 Å². The summed E-state index contributed by atoms with van der Waals surface area (Å²) in [6.45, 7) is 0.688. The van der Waals surface area contributed by atoms with Crippen LogP contribution in [-0.2, 0) is 6.54 Å². The van der Waals surface area contributed by atoms with Crippen molar-refractivity contribution in [3.63, 3.8) is 0 Å². The Hall–Kier alpha value is -2.15. The predicted octanol–water partition coefficient (Wildman–Crippen LogP) is 2.08. The van der Waals surface area contributed by atoms with Crippen molar-refractivity contribution < 1.29 is 0 Å². The molecule has 0 unspecified atom stereocenters. The number of nitrogens with one attached hydrogen (secondary N) is 2. The number of rotatable bonds is 4.